The summed E-state index contributed by atoms with van der Waals surface area (Å²) in [4.78, 5) is 22.4. The summed E-state index contributed by atoms with van der Waals surface area (Å²) in [6.45, 7) is 0. The van der Waals surface area contributed by atoms with E-state index in [-0.39, 0.29) is 14.5 Å². The van der Waals surface area contributed by atoms with Gasteiger partial charge in [-0.3, -0.25) is 14.3 Å². The summed E-state index contributed by atoms with van der Waals surface area (Å²) in [6.07, 6.45) is 0. The molecule has 4 nitrogen and oxygen atoms in total. The zero-order valence-corrected chi connectivity index (χ0v) is 9.22. The van der Waals surface area contributed by atoms with Gasteiger partial charge >= 0.3 is 0 Å². The summed E-state index contributed by atoms with van der Waals surface area (Å²) in [6, 6.07) is 0. The summed E-state index contributed by atoms with van der Waals surface area (Å²) < 4.78 is 2.05. The van der Waals surface area contributed by atoms with E-state index >= 15 is 0 Å². The van der Waals surface area contributed by atoms with Crippen LogP contribution in [0.25, 0.3) is 0 Å². The predicted octanol–water partition coefficient (Wildman–Crippen LogP) is 0.00360. The fourth-order valence-electron chi connectivity index (χ4n) is 0.664. The van der Waals surface area contributed by atoms with Crippen molar-refractivity contribution in [3.8, 4) is 0 Å². The first-order valence-corrected chi connectivity index (χ1v) is 4.47. The molecule has 0 saturated carbocycles. The summed E-state index contributed by atoms with van der Waals surface area (Å²) in [5, 5.41) is 0. The third-order valence-electron chi connectivity index (χ3n) is 1.39. The lowest BCUT2D eigenvalue weighted by Crippen LogP contribution is -2.37. The van der Waals surface area contributed by atoms with E-state index in [9.17, 15) is 9.59 Å². The van der Waals surface area contributed by atoms with Crippen LogP contribution in [0.5, 0.6) is 0 Å². The smallest absolute Gasteiger partial charge is 0.279 e. The maximum absolute atomic E-state index is 11.2. The van der Waals surface area contributed by atoms with Crippen molar-refractivity contribution in [2.75, 3.05) is 0 Å². The van der Waals surface area contributed by atoms with Crippen LogP contribution in [0.2, 0.25) is 0 Å². The molecule has 1 aromatic heterocycles. The van der Waals surface area contributed by atoms with Crippen molar-refractivity contribution in [2.24, 2.45) is 7.05 Å². The number of aromatic nitrogens is 2. The van der Waals surface area contributed by atoms with E-state index in [0.29, 0.717) is 0 Å². The Morgan fingerprint density at radius 1 is 1.17 bits per heavy atom. The Kier molecular flexibility index (Phi) is 2.62. The van der Waals surface area contributed by atoms with E-state index in [1.165, 1.54) is 7.05 Å². The lowest BCUT2D eigenvalue weighted by molar-refractivity contribution is 0.635. The minimum atomic E-state index is -0.469. The highest BCUT2D eigenvalue weighted by molar-refractivity contribution is 9.13. The standard InChI is InChI=1S/C5H3BBr2N2O2/c1-9-4(11)2(7)3(8)5(12)10(9)6/h1H3. The van der Waals surface area contributed by atoms with E-state index in [4.69, 9.17) is 7.98 Å². The van der Waals surface area contributed by atoms with Gasteiger partial charge in [-0.2, -0.15) is 0 Å². The van der Waals surface area contributed by atoms with Gasteiger partial charge < -0.3 is 4.59 Å². The Labute approximate surface area is 85.9 Å². The third kappa shape index (κ3) is 1.31. The lowest BCUT2D eigenvalue weighted by Gasteiger charge is -2.07. The second-order valence-electron chi connectivity index (χ2n) is 2.11. The van der Waals surface area contributed by atoms with E-state index in [1.807, 2.05) is 0 Å². The number of nitrogens with zero attached hydrogens (tertiary/aromatic N) is 2. The molecule has 0 aliphatic carbocycles. The number of hydrogen-bond donors (Lipinski definition) is 0. The van der Waals surface area contributed by atoms with Gasteiger partial charge in [0.2, 0.25) is 0 Å². The summed E-state index contributed by atoms with van der Waals surface area (Å²) >= 11 is 5.91. The van der Waals surface area contributed by atoms with E-state index in [2.05, 4.69) is 31.9 Å². The van der Waals surface area contributed by atoms with Gasteiger partial charge in [0, 0.05) is 7.05 Å². The van der Waals surface area contributed by atoms with Crippen LogP contribution < -0.4 is 11.1 Å². The van der Waals surface area contributed by atoms with Crippen molar-refractivity contribution in [3.05, 3.63) is 29.7 Å². The molecule has 1 aromatic rings. The van der Waals surface area contributed by atoms with Gasteiger partial charge in [-0.25, -0.2) is 0 Å². The van der Waals surface area contributed by atoms with Crippen LogP contribution in [-0.4, -0.2) is 17.3 Å². The van der Waals surface area contributed by atoms with Gasteiger partial charge in [-0.05, 0) is 31.9 Å². The normalized spacial score (nSPS) is 10.2. The van der Waals surface area contributed by atoms with Gasteiger partial charge in [0.1, 0.15) is 8.95 Å². The molecule has 0 atom stereocenters. The SMILES string of the molecule is [B]n1c(=O)c(Br)c(Br)c(=O)n1C. The maximum atomic E-state index is 11.2. The van der Waals surface area contributed by atoms with Gasteiger partial charge in [-0.15, -0.1) is 0 Å². The minimum absolute atomic E-state index is 0.133. The van der Waals surface area contributed by atoms with Crippen molar-refractivity contribution < 1.29 is 0 Å². The quantitative estimate of drug-likeness (QED) is 0.632. The molecule has 7 heteroatoms. The first-order valence-electron chi connectivity index (χ1n) is 2.89. The van der Waals surface area contributed by atoms with Crippen molar-refractivity contribution in [1.29, 1.82) is 0 Å². The average molecular weight is 294 g/mol. The Balaban J connectivity index is 3.86. The monoisotopic (exact) mass is 292 g/mol. The molecule has 0 aliphatic heterocycles. The van der Waals surface area contributed by atoms with Crippen molar-refractivity contribution >= 4 is 39.8 Å². The Hall–Kier alpha value is -0.295. The molecule has 62 valence electrons. The zero-order valence-electron chi connectivity index (χ0n) is 6.04. The highest BCUT2D eigenvalue weighted by atomic mass is 79.9. The van der Waals surface area contributed by atoms with Crippen molar-refractivity contribution in [1.82, 2.24) is 9.27 Å². The van der Waals surface area contributed by atoms with Crippen molar-refractivity contribution in [2.45, 2.75) is 0 Å². The first-order chi connectivity index (χ1) is 5.46. The molecule has 0 bridgehead atoms. The second-order valence-corrected chi connectivity index (χ2v) is 3.69. The van der Waals surface area contributed by atoms with Crippen LogP contribution >= 0.6 is 31.9 Å². The highest BCUT2D eigenvalue weighted by Gasteiger charge is 2.09. The molecular weight excluding hydrogens is 291 g/mol. The topological polar surface area (TPSA) is 44.0 Å². The molecule has 0 aromatic carbocycles. The molecule has 0 saturated heterocycles. The molecule has 0 unspecified atom stereocenters. The van der Waals surface area contributed by atoms with E-state index in [0.717, 1.165) is 9.27 Å². The third-order valence-corrected chi connectivity index (χ3v) is 3.40. The summed E-state index contributed by atoms with van der Waals surface area (Å²) in [5.74, 6) is 0. The molecule has 0 fully saturated rings. The summed E-state index contributed by atoms with van der Waals surface area (Å²) in [5.41, 5.74) is -0.840. The minimum Gasteiger partial charge on any atom is -0.308 e. The molecule has 0 amide bonds. The van der Waals surface area contributed by atoms with Crippen LogP contribution in [0.15, 0.2) is 18.5 Å². The van der Waals surface area contributed by atoms with Crippen LogP contribution in [-0.2, 0) is 7.05 Å². The van der Waals surface area contributed by atoms with Gasteiger partial charge in [-0.1, -0.05) is 0 Å². The first kappa shape index (κ1) is 9.79. The molecule has 1 rings (SSSR count). The van der Waals surface area contributed by atoms with Crippen molar-refractivity contribution in [3.63, 3.8) is 0 Å². The van der Waals surface area contributed by atoms with E-state index in [1.54, 1.807) is 0 Å². The molecule has 0 N–H and O–H groups in total. The van der Waals surface area contributed by atoms with E-state index < -0.39 is 5.56 Å². The van der Waals surface area contributed by atoms with Gasteiger partial charge in [0.15, 0.2) is 0 Å². The van der Waals surface area contributed by atoms with Crippen LogP contribution in [0, 0.1) is 0 Å². The average Bonchev–Trinajstić information content (AvgIpc) is 2.08. The zero-order chi connectivity index (χ0) is 9.46. The van der Waals surface area contributed by atoms with Gasteiger partial charge in [0.05, 0.1) is 0 Å². The van der Waals surface area contributed by atoms with Crippen LogP contribution in [0.3, 0.4) is 0 Å². The lowest BCUT2D eigenvalue weighted by atomic mass is 10.4. The Morgan fingerprint density at radius 3 is 2.08 bits per heavy atom. The molecule has 0 spiro atoms. The Bertz CT molecular complexity index is 360. The van der Waals surface area contributed by atoms with Gasteiger partial charge in [0.25, 0.3) is 19.1 Å². The molecule has 1 heterocycles. The number of halogens is 2. The number of hydrogen-bond acceptors (Lipinski definition) is 2. The molecular formula is C5H3BBr2N2O2. The molecule has 0 aliphatic rings. The number of rotatable bonds is 0. The molecule has 2 radical (unpaired) electrons. The second kappa shape index (κ2) is 3.22. The predicted molar refractivity (Wildman–Crippen MR) is 52.5 cm³/mol. The highest BCUT2D eigenvalue weighted by Crippen LogP contribution is 2.12. The summed E-state index contributed by atoms with van der Waals surface area (Å²) in [7, 11) is 6.67. The largest absolute Gasteiger partial charge is 0.308 e. The Morgan fingerprint density at radius 2 is 1.58 bits per heavy atom. The maximum Gasteiger partial charge on any atom is 0.279 e. The fourth-order valence-corrected chi connectivity index (χ4v) is 1.44. The fraction of sp³-hybridized carbons (Fsp3) is 0.200. The van der Waals surface area contributed by atoms with Crippen LogP contribution in [0.4, 0.5) is 0 Å². The van der Waals surface area contributed by atoms with Crippen LogP contribution in [0.1, 0.15) is 0 Å². The molecule has 12 heavy (non-hydrogen) atoms.